The molecule has 0 spiro atoms. The maximum atomic E-state index is 11.9. The molecule has 0 atom stereocenters. The van der Waals surface area contributed by atoms with Gasteiger partial charge in [-0.15, -0.1) is 11.3 Å². The Labute approximate surface area is 137 Å². The summed E-state index contributed by atoms with van der Waals surface area (Å²) >= 11 is 1.56. The van der Waals surface area contributed by atoms with E-state index in [2.05, 4.69) is 5.32 Å². The topological polar surface area (TPSA) is 93.4 Å². The first-order valence-corrected chi connectivity index (χ1v) is 7.59. The van der Waals surface area contributed by atoms with E-state index in [-0.39, 0.29) is 23.6 Å². The highest BCUT2D eigenvalue weighted by Gasteiger charge is 2.08. The number of nitrogens with one attached hydrogen (secondary N) is 1. The maximum Gasteiger partial charge on any atom is 0.262 e. The Bertz CT molecular complexity index is 787. The van der Waals surface area contributed by atoms with E-state index in [0.717, 1.165) is 4.88 Å². The quantitative estimate of drug-likeness (QED) is 0.341. The van der Waals surface area contributed by atoms with E-state index in [1.807, 2.05) is 29.7 Å². The summed E-state index contributed by atoms with van der Waals surface area (Å²) in [6.07, 6.45) is 4.91. The van der Waals surface area contributed by atoms with Crippen LogP contribution in [0.15, 0.2) is 53.4 Å². The van der Waals surface area contributed by atoms with Crippen molar-refractivity contribution in [1.29, 1.82) is 5.26 Å². The zero-order valence-electron chi connectivity index (χ0n) is 12.1. The second kappa shape index (κ2) is 7.82. The summed E-state index contributed by atoms with van der Waals surface area (Å²) in [7, 11) is 0. The summed E-state index contributed by atoms with van der Waals surface area (Å²) in [5.74, 6) is -0.987. The predicted octanol–water partition coefficient (Wildman–Crippen LogP) is 2.94. The third-order valence-corrected chi connectivity index (χ3v) is 3.76. The number of phenolic OH excluding ortho intramolecular Hbond substituents is 2. The highest BCUT2D eigenvalue weighted by atomic mass is 32.1. The second-order valence-corrected chi connectivity index (χ2v) is 5.55. The van der Waals surface area contributed by atoms with Gasteiger partial charge < -0.3 is 15.5 Å². The predicted molar refractivity (Wildman–Crippen MR) is 88.7 cm³/mol. The van der Waals surface area contributed by atoms with Crippen LogP contribution in [0.1, 0.15) is 10.4 Å². The molecule has 1 amide bonds. The highest BCUT2D eigenvalue weighted by molar-refractivity contribution is 7.10. The van der Waals surface area contributed by atoms with E-state index < -0.39 is 5.91 Å². The van der Waals surface area contributed by atoms with E-state index in [9.17, 15) is 15.0 Å². The van der Waals surface area contributed by atoms with Crippen molar-refractivity contribution in [1.82, 2.24) is 5.32 Å². The van der Waals surface area contributed by atoms with Crippen molar-refractivity contribution in [3.05, 3.63) is 63.9 Å². The van der Waals surface area contributed by atoms with Crippen molar-refractivity contribution in [2.75, 3.05) is 0 Å². The van der Waals surface area contributed by atoms with Crippen LogP contribution in [0.4, 0.5) is 0 Å². The van der Waals surface area contributed by atoms with E-state index in [1.54, 1.807) is 23.5 Å². The van der Waals surface area contributed by atoms with E-state index in [0.29, 0.717) is 5.56 Å². The monoisotopic (exact) mass is 326 g/mol. The van der Waals surface area contributed by atoms with Gasteiger partial charge in [0.05, 0.1) is 0 Å². The van der Waals surface area contributed by atoms with Crippen LogP contribution < -0.4 is 5.32 Å². The number of nitriles is 1. The van der Waals surface area contributed by atoms with Crippen molar-refractivity contribution in [2.24, 2.45) is 0 Å². The molecule has 0 radical (unpaired) electrons. The van der Waals surface area contributed by atoms with Gasteiger partial charge in [0, 0.05) is 11.4 Å². The molecule has 116 valence electrons. The normalized spacial score (nSPS) is 11.3. The molecule has 0 aliphatic heterocycles. The minimum Gasteiger partial charge on any atom is -0.504 e. The van der Waals surface area contributed by atoms with E-state index >= 15 is 0 Å². The van der Waals surface area contributed by atoms with Gasteiger partial charge in [0.15, 0.2) is 11.5 Å². The molecule has 1 aromatic heterocycles. The molecule has 1 aromatic carbocycles. The van der Waals surface area contributed by atoms with Crippen molar-refractivity contribution in [3.8, 4) is 17.6 Å². The molecule has 0 unspecified atom stereocenters. The van der Waals surface area contributed by atoms with Crippen molar-refractivity contribution >= 4 is 23.3 Å². The summed E-state index contributed by atoms with van der Waals surface area (Å²) in [5.41, 5.74) is 0.598. The lowest BCUT2D eigenvalue weighted by Crippen LogP contribution is -2.23. The smallest absolute Gasteiger partial charge is 0.262 e. The van der Waals surface area contributed by atoms with Crippen LogP contribution in [0.2, 0.25) is 0 Å². The molecule has 0 aliphatic rings. The summed E-state index contributed by atoms with van der Waals surface area (Å²) in [5, 5.41) is 32.2. The number of phenols is 2. The number of hydrogen-bond acceptors (Lipinski definition) is 5. The summed E-state index contributed by atoms with van der Waals surface area (Å²) in [6.45, 7) is 0.139. The SMILES string of the molecule is N#CC(=CC=Cc1cccs1)C(=O)NCc1ccc(O)c(O)c1. The lowest BCUT2D eigenvalue weighted by atomic mass is 10.2. The molecular weight excluding hydrogens is 312 g/mol. The number of hydrogen-bond donors (Lipinski definition) is 3. The first kappa shape index (κ1) is 16.3. The molecule has 2 rings (SSSR count). The van der Waals surface area contributed by atoms with Crippen LogP contribution in [0.5, 0.6) is 11.5 Å². The Morgan fingerprint density at radius 1 is 1.30 bits per heavy atom. The largest absolute Gasteiger partial charge is 0.504 e. The van der Waals surface area contributed by atoms with E-state index in [4.69, 9.17) is 5.26 Å². The number of nitrogens with zero attached hydrogens (tertiary/aromatic N) is 1. The summed E-state index contributed by atoms with van der Waals surface area (Å²) in [4.78, 5) is 13.0. The van der Waals surface area contributed by atoms with E-state index in [1.165, 1.54) is 18.2 Å². The number of benzene rings is 1. The van der Waals surface area contributed by atoms with Crippen LogP contribution >= 0.6 is 11.3 Å². The Kier molecular flexibility index (Phi) is 5.56. The fourth-order valence-electron chi connectivity index (χ4n) is 1.75. The third-order valence-electron chi connectivity index (χ3n) is 2.92. The fourth-order valence-corrected chi connectivity index (χ4v) is 2.37. The Balaban J connectivity index is 1.97. The van der Waals surface area contributed by atoms with Gasteiger partial charge in [0.1, 0.15) is 11.6 Å². The van der Waals surface area contributed by atoms with Crippen LogP contribution in [0.3, 0.4) is 0 Å². The summed E-state index contributed by atoms with van der Waals surface area (Å²) < 4.78 is 0. The van der Waals surface area contributed by atoms with Crippen molar-refractivity contribution in [3.63, 3.8) is 0 Å². The Morgan fingerprint density at radius 3 is 2.78 bits per heavy atom. The molecule has 0 aliphatic carbocycles. The van der Waals surface area contributed by atoms with Crippen molar-refractivity contribution < 1.29 is 15.0 Å². The number of aromatic hydroxyl groups is 2. The average molecular weight is 326 g/mol. The van der Waals surface area contributed by atoms with Gasteiger partial charge in [0.2, 0.25) is 0 Å². The molecule has 0 saturated heterocycles. The van der Waals surface area contributed by atoms with Crippen LogP contribution in [-0.4, -0.2) is 16.1 Å². The minimum atomic E-state index is -0.504. The lowest BCUT2D eigenvalue weighted by molar-refractivity contribution is -0.117. The molecule has 5 nitrogen and oxygen atoms in total. The maximum absolute atomic E-state index is 11.9. The molecule has 6 heteroatoms. The summed E-state index contributed by atoms with van der Waals surface area (Å²) in [6, 6.07) is 9.95. The van der Waals surface area contributed by atoms with Gasteiger partial charge >= 0.3 is 0 Å². The number of rotatable bonds is 5. The zero-order valence-corrected chi connectivity index (χ0v) is 12.9. The first-order chi connectivity index (χ1) is 11.1. The molecule has 1 heterocycles. The first-order valence-electron chi connectivity index (χ1n) is 6.71. The van der Waals surface area contributed by atoms with Crippen molar-refractivity contribution in [2.45, 2.75) is 6.54 Å². The molecule has 0 bridgehead atoms. The molecule has 2 aromatic rings. The van der Waals surface area contributed by atoms with Gasteiger partial charge in [-0.25, -0.2) is 0 Å². The zero-order chi connectivity index (χ0) is 16.7. The molecule has 0 fully saturated rings. The number of carbonyl (C=O) groups excluding carboxylic acids is 1. The third kappa shape index (κ3) is 4.73. The fraction of sp³-hybridized carbons (Fsp3) is 0.0588. The highest BCUT2D eigenvalue weighted by Crippen LogP contribution is 2.24. The molecule has 23 heavy (non-hydrogen) atoms. The second-order valence-electron chi connectivity index (χ2n) is 4.57. The Hall–Kier alpha value is -3.04. The Morgan fingerprint density at radius 2 is 2.13 bits per heavy atom. The number of amides is 1. The molecule has 0 saturated carbocycles. The number of allylic oxidation sites excluding steroid dienone is 2. The van der Waals surface area contributed by atoms with Crippen LogP contribution in [-0.2, 0) is 11.3 Å². The van der Waals surface area contributed by atoms with Crippen LogP contribution in [0, 0.1) is 11.3 Å². The van der Waals surface area contributed by atoms with Crippen LogP contribution in [0.25, 0.3) is 6.08 Å². The van der Waals surface area contributed by atoms with Gasteiger partial charge in [-0.2, -0.15) is 5.26 Å². The van der Waals surface area contributed by atoms with Gasteiger partial charge in [-0.1, -0.05) is 18.2 Å². The standard InChI is InChI=1S/C17H14N2O3S/c18-10-13(3-1-4-14-5-2-8-23-14)17(22)19-11-12-6-7-15(20)16(21)9-12/h1-9,20-21H,11H2,(H,19,22). The lowest BCUT2D eigenvalue weighted by Gasteiger charge is -2.05. The average Bonchev–Trinajstić information content (AvgIpc) is 3.06. The van der Waals surface area contributed by atoms with Gasteiger partial charge in [-0.3, -0.25) is 4.79 Å². The number of thiophene rings is 1. The molecule has 3 N–H and O–H groups in total. The van der Waals surface area contributed by atoms with Gasteiger partial charge in [0.25, 0.3) is 5.91 Å². The minimum absolute atomic E-state index is 0.0131. The number of carbonyl (C=O) groups is 1. The van der Waals surface area contributed by atoms with Gasteiger partial charge in [-0.05, 0) is 41.3 Å². The molecular formula is C17H14N2O3S.